The number of aliphatic hydroxyl groups is 1. The number of ether oxygens (including phenoxy) is 1. The molecule has 0 amide bonds. The number of hydrogen-bond acceptors (Lipinski definition) is 4. The maximum atomic E-state index is 10.1. The zero-order chi connectivity index (χ0) is 15.1. The monoisotopic (exact) mass is 315 g/mol. The normalized spacial score (nSPS) is 35.0. The second-order valence-corrected chi connectivity index (χ2v) is 8.32. The SMILES string of the molecule is CCSC1CCCC1NCC(O)COC1CCC(C)CC1. The molecule has 0 radical (unpaired) electrons. The Labute approximate surface area is 134 Å². The zero-order valence-corrected chi connectivity index (χ0v) is 14.5. The third-order valence-electron chi connectivity index (χ3n) is 4.94. The third kappa shape index (κ3) is 6.09. The van der Waals surface area contributed by atoms with Gasteiger partial charge in [-0.15, -0.1) is 0 Å². The Hall–Kier alpha value is 0.230. The summed E-state index contributed by atoms with van der Waals surface area (Å²) in [6, 6.07) is 0.583. The maximum Gasteiger partial charge on any atom is 0.0897 e. The molecule has 2 rings (SSSR count). The smallest absolute Gasteiger partial charge is 0.0897 e. The Bertz CT molecular complexity index is 282. The average molecular weight is 316 g/mol. The quantitative estimate of drug-likeness (QED) is 0.722. The Morgan fingerprint density at radius 3 is 2.67 bits per heavy atom. The van der Waals surface area contributed by atoms with E-state index in [1.165, 1.54) is 50.7 Å². The molecule has 3 unspecified atom stereocenters. The van der Waals surface area contributed by atoms with E-state index in [4.69, 9.17) is 4.74 Å². The number of thioether (sulfide) groups is 1. The summed E-state index contributed by atoms with van der Waals surface area (Å²) in [6.45, 7) is 5.72. The molecule has 0 bridgehead atoms. The second kappa shape index (κ2) is 9.39. The van der Waals surface area contributed by atoms with Gasteiger partial charge in [0.05, 0.1) is 18.8 Å². The minimum absolute atomic E-state index is 0.364. The lowest BCUT2D eigenvalue weighted by molar-refractivity contribution is -0.0283. The second-order valence-electron chi connectivity index (χ2n) is 6.81. The van der Waals surface area contributed by atoms with Crippen LogP contribution in [-0.2, 0) is 4.74 Å². The molecule has 2 fully saturated rings. The summed E-state index contributed by atoms with van der Waals surface area (Å²) in [7, 11) is 0. The van der Waals surface area contributed by atoms with Crippen molar-refractivity contribution in [2.75, 3.05) is 18.9 Å². The van der Waals surface area contributed by atoms with Gasteiger partial charge < -0.3 is 15.2 Å². The molecule has 124 valence electrons. The number of hydrogen-bond donors (Lipinski definition) is 2. The van der Waals surface area contributed by atoms with E-state index >= 15 is 0 Å². The van der Waals surface area contributed by atoms with Crippen molar-refractivity contribution in [3.05, 3.63) is 0 Å². The van der Waals surface area contributed by atoms with Gasteiger partial charge in [0, 0.05) is 17.8 Å². The highest BCUT2D eigenvalue weighted by Crippen LogP contribution is 2.30. The maximum absolute atomic E-state index is 10.1. The van der Waals surface area contributed by atoms with Crippen LogP contribution in [0.25, 0.3) is 0 Å². The average Bonchev–Trinajstić information content (AvgIpc) is 2.92. The lowest BCUT2D eigenvalue weighted by atomic mass is 9.89. The van der Waals surface area contributed by atoms with Gasteiger partial charge in [0.15, 0.2) is 0 Å². The molecule has 4 heteroatoms. The first-order chi connectivity index (χ1) is 10.2. The fourth-order valence-corrected chi connectivity index (χ4v) is 4.79. The van der Waals surface area contributed by atoms with E-state index in [9.17, 15) is 5.11 Å². The van der Waals surface area contributed by atoms with Crippen molar-refractivity contribution < 1.29 is 9.84 Å². The van der Waals surface area contributed by atoms with Crippen molar-refractivity contribution in [2.45, 2.75) is 82.3 Å². The number of aliphatic hydroxyl groups excluding tert-OH is 1. The van der Waals surface area contributed by atoms with E-state index in [2.05, 4.69) is 30.9 Å². The van der Waals surface area contributed by atoms with Crippen LogP contribution < -0.4 is 5.32 Å². The summed E-state index contributed by atoms with van der Waals surface area (Å²) in [4.78, 5) is 0. The standard InChI is InChI=1S/C17H33NO2S/c1-3-21-17-6-4-5-16(17)18-11-14(19)12-20-15-9-7-13(2)8-10-15/h13-19H,3-12H2,1-2H3. The molecule has 21 heavy (non-hydrogen) atoms. The van der Waals surface area contributed by atoms with Gasteiger partial charge in [0.25, 0.3) is 0 Å². The molecule has 0 aromatic carbocycles. The van der Waals surface area contributed by atoms with Crippen LogP contribution in [0.2, 0.25) is 0 Å². The molecule has 0 saturated heterocycles. The van der Waals surface area contributed by atoms with Crippen LogP contribution in [0, 0.1) is 5.92 Å². The van der Waals surface area contributed by atoms with Crippen LogP contribution in [0.3, 0.4) is 0 Å². The first-order valence-corrected chi connectivity index (χ1v) is 9.88. The molecule has 0 spiro atoms. The lowest BCUT2D eigenvalue weighted by Crippen LogP contribution is -2.41. The van der Waals surface area contributed by atoms with Gasteiger partial charge in [-0.3, -0.25) is 0 Å². The van der Waals surface area contributed by atoms with Gasteiger partial charge in [0.2, 0.25) is 0 Å². The Balaban J connectivity index is 1.58. The highest BCUT2D eigenvalue weighted by molar-refractivity contribution is 7.99. The van der Waals surface area contributed by atoms with Crippen molar-refractivity contribution in [2.24, 2.45) is 5.92 Å². The number of nitrogens with one attached hydrogen (secondary N) is 1. The minimum Gasteiger partial charge on any atom is -0.389 e. The first kappa shape index (κ1) is 17.6. The van der Waals surface area contributed by atoms with Gasteiger partial charge in [0.1, 0.15) is 0 Å². The Kier molecular flexibility index (Phi) is 7.86. The topological polar surface area (TPSA) is 41.5 Å². The Morgan fingerprint density at radius 2 is 1.95 bits per heavy atom. The summed E-state index contributed by atoms with van der Waals surface area (Å²) >= 11 is 2.06. The fraction of sp³-hybridized carbons (Fsp3) is 1.00. The van der Waals surface area contributed by atoms with Crippen LogP contribution >= 0.6 is 11.8 Å². The van der Waals surface area contributed by atoms with E-state index in [-0.39, 0.29) is 6.10 Å². The Morgan fingerprint density at radius 1 is 1.19 bits per heavy atom. The van der Waals surface area contributed by atoms with E-state index < -0.39 is 0 Å². The van der Waals surface area contributed by atoms with Crippen LogP contribution in [0.15, 0.2) is 0 Å². The van der Waals surface area contributed by atoms with Gasteiger partial charge in [-0.1, -0.05) is 20.3 Å². The van der Waals surface area contributed by atoms with Crippen molar-refractivity contribution in [3.63, 3.8) is 0 Å². The summed E-state index contributed by atoms with van der Waals surface area (Å²) < 4.78 is 5.89. The van der Waals surface area contributed by atoms with Crippen LogP contribution in [-0.4, -0.2) is 47.5 Å². The molecule has 0 aromatic rings. The third-order valence-corrected chi connectivity index (χ3v) is 6.26. The van der Waals surface area contributed by atoms with Crippen LogP contribution in [0.5, 0.6) is 0 Å². The summed E-state index contributed by atoms with van der Waals surface area (Å²) in [6.07, 6.45) is 8.80. The molecule has 0 aromatic heterocycles. The van der Waals surface area contributed by atoms with Crippen molar-refractivity contribution in [1.29, 1.82) is 0 Å². The van der Waals surface area contributed by atoms with Crippen LogP contribution in [0.1, 0.15) is 58.8 Å². The van der Waals surface area contributed by atoms with Crippen molar-refractivity contribution >= 4 is 11.8 Å². The molecule has 3 nitrogen and oxygen atoms in total. The molecular weight excluding hydrogens is 282 g/mol. The zero-order valence-electron chi connectivity index (χ0n) is 13.7. The van der Waals surface area contributed by atoms with E-state index in [1.807, 2.05) is 0 Å². The highest BCUT2D eigenvalue weighted by Gasteiger charge is 2.27. The molecule has 2 N–H and O–H groups in total. The lowest BCUT2D eigenvalue weighted by Gasteiger charge is -2.27. The predicted molar refractivity (Wildman–Crippen MR) is 90.9 cm³/mol. The van der Waals surface area contributed by atoms with E-state index in [0.717, 1.165) is 11.2 Å². The molecule has 3 atom stereocenters. The van der Waals surface area contributed by atoms with Crippen molar-refractivity contribution in [1.82, 2.24) is 5.32 Å². The molecule has 0 heterocycles. The summed E-state index contributed by atoms with van der Waals surface area (Å²) in [5, 5.41) is 14.4. The molecule has 2 saturated carbocycles. The van der Waals surface area contributed by atoms with Gasteiger partial charge >= 0.3 is 0 Å². The molecule has 2 aliphatic carbocycles. The fourth-order valence-electron chi connectivity index (χ4n) is 3.56. The number of rotatable bonds is 8. The van der Waals surface area contributed by atoms with Gasteiger partial charge in [-0.2, -0.15) is 11.8 Å². The van der Waals surface area contributed by atoms with Crippen LogP contribution in [0.4, 0.5) is 0 Å². The molecule has 0 aliphatic heterocycles. The highest BCUT2D eigenvalue weighted by atomic mass is 32.2. The van der Waals surface area contributed by atoms with E-state index in [0.29, 0.717) is 25.3 Å². The summed E-state index contributed by atoms with van der Waals surface area (Å²) in [5.74, 6) is 2.04. The summed E-state index contributed by atoms with van der Waals surface area (Å²) in [5.41, 5.74) is 0. The minimum atomic E-state index is -0.364. The molecule has 2 aliphatic rings. The molecular formula is C17H33NO2S. The van der Waals surface area contributed by atoms with E-state index in [1.54, 1.807) is 0 Å². The largest absolute Gasteiger partial charge is 0.389 e. The predicted octanol–water partition coefficient (Wildman–Crippen LogP) is 3.21. The van der Waals surface area contributed by atoms with Gasteiger partial charge in [-0.25, -0.2) is 0 Å². The first-order valence-electron chi connectivity index (χ1n) is 8.83. The van der Waals surface area contributed by atoms with Crippen molar-refractivity contribution in [3.8, 4) is 0 Å². The van der Waals surface area contributed by atoms with Gasteiger partial charge in [-0.05, 0) is 50.2 Å².